The number of carbonyl (C=O) groups excluding carboxylic acids is 1. The molecule has 0 aliphatic heterocycles. The Bertz CT molecular complexity index is 822. The van der Waals surface area contributed by atoms with E-state index in [-0.39, 0.29) is 5.78 Å². The second-order valence-electron chi connectivity index (χ2n) is 5.05. The SMILES string of the molecule is CSc1nn2c(C)cc(C)cc2c1C(=O)c1ccccc1. The number of nitrogens with zero attached hydrogens (tertiary/aromatic N) is 2. The molecule has 3 aromatic rings. The van der Waals surface area contributed by atoms with Crippen molar-refractivity contribution in [1.82, 2.24) is 9.61 Å². The molecule has 0 N–H and O–H groups in total. The lowest BCUT2D eigenvalue weighted by Gasteiger charge is -2.03. The van der Waals surface area contributed by atoms with Crippen molar-refractivity contribution >= 4 is 23.1 Å². The first-order valence-corrected chi connectivity index (χ1v) is 7.98. The minimum atomic E-state index is 0.0277. The Labute approximate surface area is 128 Å². The van der Waals surface area contributed by atoms with Crippen molar-refractivity contribution < 1.29 is 4.79 Å². The standard InChI is InChI=1S/C17H16N2OS/c1-11-9-12(2)19-14(10-11)15(17(18-19)21-3)16(20)13-7-5-4-6-8-13/h4-10H,1-3H3. The normalized spacial score (nSPS) is 11.0. The van der Waals surface area contributed by atoms with Crippen molar-refractivity contribution in [2.24, 2.45) is 0 Å². The summed E-state index contributed by atoms with van der Waals surface area (Å²) in [6.45, 7) is 4.05. The first-order valence-electron chi connectivity index (χ1n) is 6.75. The van der Waals surface area contributed by atoms with Gasteiger partial charge in [-0.25, -0.2) is 4.52 Å². The Morgan fingerprint density at radius 1 is 1.14 bits per heavy atom. The molecule has 0 bridgehead atoms. The first-order chi connectivity index (χ1) is 10.1. The Balaban J connectivity index is 2.28. The van der Waals surface area contributed by atoms with Crippen molar-refractivity contribution in [2.45, 2.75) is 18.9 Å². The molecule has 21 heavy (non-hydrogen) atoms. The molecule has 0 saturated heterocycles. The lowest BCUT2D eigenvalue weighted by Crippen LogP contribution is -2.02. The average molecular weight is 296 g/mol. The van der Waals surface area contributed by atoms with Gasteiger partial charge in [-0.15, -0.1) is 11.8 Å². The molecule has 4 heteroatoms. The lowest BCUT2D eigenvalue weighted by molar-refractivity contribution is 0.103. The number of aromatic nitrogens is 2. The number of hydrogen-bond donors (Lipinski definition) is 0. The average Bonchev–Trinajstić information content (AvgIpc) is 2.86. The minimum Gasteiger partial charge on any atom is -0.288 e. The number of aryl methyl sites for hydroxylation is 2. The first kappa shape index (κ1) is 13.9. The van der Waals surface area contributed by atoms with Gasteiger partial charge in [0.05, 0.1) is 11.1 Å². The fourth-order valence-electron chi connectivity index (χ4n) is 2.55. The molecule has 0 radical (unpaired) electrons. The van der Waals surface area contributed by atoms with E-state index in [0.717, 1.165) is 21.8 Å². The highest BCUT2D eigenvalue weighted by Gasteiger charge is 2.21. The Morgan fingerprint density at radius 2 is 1.86 bits per heavy atom. The molecule has 0 fully saturated rings. The maximum Gasteiger partial charge on any atom is 0.197 e. The number of pyridine rings is 1. The Kier molecular flexibility index (Phi) is 3.55. The highest BCUT2D eigenvalue weighted by Crippen LogP contribution is 2.27. The fraction of sp³-hybridized carbons (Fsp3) is 0.176. The summed E-state index contributed by atoms with van der Waals surface area (Å²) in [4.78, 5) is 12.9. The maximum atomic E-state index is 12.9. The molecule has 0 amide bonds. The minimum absolute atomic E-state index is 0.0277. The van der Waals surface area contributed by atoms with E-state index in [9.17, 15) is 4.79 Å². The van der Waals surface area contributed by atoms with Crippen LogP contribution in [0.15, 0.2) is 47.5 Å². The predicted molar refractivity (Wildman–Crippen MR) is 86.3 cm³/mol. The topological polar surface area (TPSA) is 34.4 Å². The summed E-state index contributed by atoms with van der Waals surface area (Å²) in [5, 5.41) is 5.35. The zero-order valence-electron chi connectivity index (χ0n) is 12.3. The quantitative estimate of drug-likeness (QED) is 0.543. The van der Waals surface area contributed by atoms with Crippen LogP contribution in [0.1, 0.15) is 27.2 Å². The van der Waals surface area contributed by atoms with Gasteiger partial charge in [0.15, 0.2) is 5.78 Å². The van der Waals surface area contributed by atoms with Crippen LogP contribution in [0.3, 0.4) is 0 Å². The maximum absolute atomic E-state index is 12.9. The molecule has 0 spiro atoms. The molecule has 2 aromatic heterocycles. The van der Waals surface area contributed by atoms with Crippen LogP contribution >= 0.6 is 11.8 Å². The van der Waals surface area contributed by atoms with Crippen LogP contribution in [0.2, 0.25) is 0 Å². The molecular formula is C17H16N2OS. The van der Waals surface area contributed by atoms with Crippen molar-refractivity contribution in [2.75, 3.05) is 6.26 Å². The molecule has 0 saturated carbocycles. The van der Waals surface area contributed by atoms with Gasteiger partial charge in [-0.05, 0) is 37.8 Å². The van der Waals surface area contributed by atoms with Crippen LogP contribution in [0, 0.1) is 13.8 Å². The predicted octanol–water partition coefficient (Wildman–Crippen LogP) is 3.90. The molecule has 1 aromatic carbocycles. The zero-order valence-corrected chi connectivity index (χ0v) is 13.1. The summed E-state index contributed by atoms with van der Waals surface area (Å²) in [6.07, 6.45) is 1.95. The number of rotatable bonds is 3. The number of thioether (sulfide) groups is 1. The summed E-state index contributed by atoms with van der Waals surface area (Å²) in [5.74, 6) is 0.0277. The van der Waals surface area contributed by atoms with Crippen molar-refractivity contribution in [3.8, 4) is 0 Å². The van der Waals surface area contributed by atoms with Crippen LogP contribution in [-0.2, 0) is 0 Å². The number of fused-ring (bicyclic) bond motifs is 1. The van der Waals surface area contributed by atoms with E-state index in [4.69, 9.17) is 0 Å². The van der Waals surface area contributed by atoms with E-state index >= 15 is 0 Å². The van der Waals surface area contributed by atoms with Gasteiger partial charge in [0.2, 0.25) is 0 Å². The third-order valence-corrected chi connectivity index (χ3v) is 4.15. The highest BCUT2D eigenvalue weighted by atomic mass is 32.2. The van der Waals surface area contributed by atoms with Gasteiger partial charge in [-0.2, -0.15) is 5.10 Å². The molecule has 0 unspecified atom stereocenters. The monoisotopic (exact) mass is 296 g/mol. The summed E-state index contributed by atoms with van der Waals surface area (Å²) >= 11 is 1.51. The molecule has 0 aliphatic rings. The van der Waals surface area contributed by atoms with Crippen LogP contribution in [0.5, 0.6) is 0 Å². The van der Waals surface area contributed by atoms with E-state index in [2.05, 4.69) is 11.2 Å². The molecule has 0 aliphatic carbocycles. The van der Waals surface area contributed by atoms with E-state index < -0.39 is 0 Å². The van der Waals surface area contributed by atoms with Gasteiger partial charge in [0, 0.05) is 11.3 Å². The number of carbonyl (C=O) groups is 1. The van der Waals surface area contributed by atoms with Crippen molar-refractivity contribution in [1.29, 1.82) is 0 Å². The van der Waals surface area contributed by atoms with Crippen LogP contribution in [0.25, 0.3) is 5.52 Å². The third-order valence-electron chi connectivity index (χ3n) is 3.48. The molecule has 3 nitrogen and oxygen atoms in total. The Hall–Kier alpha value is -2.07. The molecule has 106 valence electrons. The summed E-state index contributed by atoms with van der Waals surface area (Å²) < 4.78 is 1.86. The van der Waals surface area contributed by atoms with Gasteiger partial charge >= 0.3 is 0 Å². The van der Waals surface area contributed by atoms with Gasteiger partial charge in [0.25, 0.3) is 0 Å². The number of benzene rings is 1. The molecule has 3 rings (SSSR count). The Morgan fingerprint density at radius 3 is 2.52 bits per heavy atom. The summed E-state index contributed by atoms with van der Waals surface area (Å²) in [7, 11) is 0. The van der Waals surface area contributed by atoms with Crippen molar-refractivity contribution in [3.63, 3.8) is 0 Å². The van der Waals surface area contributed by atoms with Crippen LogP contribution in [0.4, 0.5) is 0 Å². The van der Waals surface area contributed by atoms with Crippen LogP contribution in [-0.4, -0.2) is 21.7 Å². The lowest BCUT2D eigenvalue weighted by atomic mass is 10.0. The summed E-state index contributed by atoms with van der Waals surface area (Å²) in [5.41, 5.74) is 4.44. The van der Waals surface area contributed by atoms with Gasteiger partial charge in [-0.3, -0.25) is 4.79 Å². The fourth-order valence-corrected chi connectivity index (χ4v) is 3.12. The molecule has 2 heterocycles. The third kappa shape index (κ3) is 2.36. The number of ketones is 1. The second-order valence-corrected chi connectivity index (χ2v) is 5.85. The van der Waals surface area contributed by atoms with E-state index in [1.165, 1.54) is 11.8 Å². The largest absolute Gasteiger partial charge is 0.288 e. The van der Waals surface area contributed by atoms with Gasteiger partial charge < -0.3 is 0 Å². The molecule has 0 atom stereocenters. The van der Waals surface area contributed by atoms with E-state index in [1.54, 1.807) is 0 Å². The number of hydrogen-bond acceptors (Lipinski definition) is 3. The van der Waals surface area contributed by atoms with Gasteiger partial charge in [0.1, 0.15) is 5.03 Å². The van der Waals surface area contributed by atoms with Crippen LogP contribution < -0.4 is 0 Å². The highest BCUT2D eigenvalue weighted by molar-refractivity contribution is 7.98. The molecular weight excluding hydrogens is 280 g/mol. The smallest absolute Gasteiger partial charge is 0.197 e. The second kappa shape index (κ2) is 5.37. The zero-order chi connectivity index (χ0) is 15.0. The summed E-state index contributed by atoms with van der Waals surface area (Å²) in [6, 6.07) is 13.5. The van der Waals surface area contributed by atoms with E-state index in [0.29, 0.717) is 11.1 Å². The van der Waals surface area contributed by atoms with E-state index in [1.807, 2.05) is 61.0 Å². The van der Waals surface area contributed by atoms with Crippen molar-refractivity contribution in [3.05, 3.63) is 64.8 Å². The van der Waals surface area contributed by atoms with Gasteiger partial charge in [-0.1, -0.05) is 30.3 Å².